The molecule has 15 heavy (non-hydrogen) atoms. The number of nitrogens with zero attached hydrogens (tertiary/aromatic N) is 1. The molecule has 1 aliphatic rings. The number of ether oxygens (including phenoxy) is 1. The predicted octanol–water partition coefficient (Wildman–Crippen LogP) is 1.69. The van der Waals surface area contributed by atoms with Crippen molar-refractivity contribution >= 4 is 0 Å². The third-order valence-electron chi connectivity index (χ3n) is 2.98. The van der Waals surface area contributed by atoms with Gasteiger partial charge in [0.25, 0.3) is 0 Å². The first-order valence-corrected chi connectivity index (χ1v) is 6.17. The number of likely N-dealkylation sites (tertiary alicyclic amines) is 1. The summed E-state index contributed by atoms with van der Waals surface area (Å²) in [6, 6.07) is 0.678. The van der Waals surface area contributed by atoms with Crippen LogP contribution in [0.5, 0.6) is 0 Å². The summed E-state index contributed by atoms with van der Waals surface area (Å²) in [5.74, 6) is 0.740. The van der Waals surface area contributed by atoms with Gasteiger partial charge in [0.05, 0.1) is 6.73 Å². The van der Waals surface area contributed by atoms with E-state index in [-0.39, 0.29) is 0 Å². The largest absolute Gasteiger partial charge is 0.369 e. The summed E-state index contributed by atoms with van der Waals surface area (Å²) in [5.41, 5.74) is 0. The van der Waals surface area contributed by atoms with Crippen LogP contribution >= 0.6 is 0 Å². The van der Waals surface area contributed by atoms with Crippen LogP contribution in [-0.4, -0.2) is 44.4 Å². The Bertz CT molecular complexity index is 160. The minimum atomic E-state index is 0.678. The lowest BCUT2D eigenvalue weighted by Crippen LogP contribution is -2.46. The molecule has 1 saturated heterocycles. The van der Waals surface area contributed by atoms with Crippen molar-refractivity contribution in [2.24, 2.45) is 5.92 Å². The van der Waals surface area contributed by atoms with Crippen LogP contribution in [0.15, 0.2) is 0 Å². The van der Waals surface area contributed by atoms with Crippen LogP contribution in [0.2, 0.25) is 0 Å². The molecule has 90 valence electrons. The number of methoxy groups -OCH3 is 1. The Balaban J connectivity index is 2.23. The summed E-state index contributed by atoms with van der Waals surface area (Å²) >= 11 is 0. The highest BCUT2D eigenvalue weighted by atomic mass is 16.5. The van der Waals surface area contributed by atoms with Crippen LogP contribution < -0.4 is 5.32 Å². The maximum Gasteiger partial charge on any atom is 0.0989 e. The summed E-state index contributed by atoms with van der Waals surface area (Å²) in [6.45, 7) is 8.72. The van der Waals surface area contributed by atoms with Gasteiger partial charge in [0, 0.05) is 26.2 Å². The molecule has 1 atom stereocenters. The van der Waals surface area contributed by atoms with Gasteiger partial charge in [-0.3, -0.25) is 4.90 Å². The van der Waals surface area contributed by atoms with Crippen molar-refractivity contribution in [2.45, 2.75) is 39.2 Å². The molecule has 3 nitrogen and oxygen atoms in total. The van der Waals surface area contributed by atoms with Crippen LogP contribution in [0, 0.1) is 5.92 Å². The highest BCUT2D eigenvalue weighted by Gasteiger charge is 2.21. The third kappa shape index (κ3) is 4.96. The summed E-state index contributed by atoms with van der Waals surface area (Å²) < 4.78 is 5.24. The van der Waals surface area contributed by atoms with Crippen LogP contribution in [0.3, 0.4) is 0 Å². The van der Waals surface area contributed by atoms with Gasteiger partial charge in [0.1, 0.15) is 0 Å². The molecule has 0 aromatic rings. The molecule has 1 N–H and O–H groups in total. The fraction of sp³-hybridized carbons (Fsp3) is 1.00. The maximum absolute atomic E-state index is 5.24. The first kappa shape index (κ1) is 12.9. The Morgan fingerprint density at radius 1 is 1.40 bits per heavy atom. The first-order chi connectivity index (χ1) is 7.24. The molecule has 0 saturated carbocycles. The summed E-state index contributed by atoms with van der Waals surface area (Å²) in [4.78, 5) is 2.46. The van der Waals surface area contributed by atoms with E-state index in [4.69, 9.17) is 4.74 Å². The van der Waals surface area contributed by atoms with Crippen molar-refractivity contribution in [1.29, 1.82) is 0 Å². The van der Waals surface area contributed by atoms with Crippen LogP contribution in [0.25, 0.3) is 0 Å². The van der Waals surface area contributed by atoms with E-state index in [1.807, 2.05) is 0 Å². The molecule has 1 unspecified atom stereocenters. The van der Waals surface area contributed by atoms with E-state index >= 15 is 0 Å². The van der Waals surface area contributed by atoms with E-state index in [1.54, 1.807) is 7.11 Å². The summed E-state index contributed by atoms with van der Waals surface area (Å²) in [6.07, 6.45) is 4.01. The van der Waals surface area contributed by atoms with Crippen molar-refractivity contribution in [2.75, 3.05) is 33.5 Å². The molecule has 0 radical (unpaired) electrons. The minimum Gasteiger partial charge on any atom is -0.369 e. The minimum absolute atomic E-state index is 0.678. The monoisotopic (exact) mass is 214 g/mol. The molecule has 1 heterocycles. The van der Waals surface area contributed by atoms with Crippen molar-refractivity contribution in [3.8, 4) is 0 Å². The van der Waals surface area contributed by atoms with Gasteiger partial charge >= 0.3 is 0 Å². The van der Waals surface area contributed by atoms with Gasteiger partial charge in [-0.1, -0.05) is 20.3 Å². The second-order valence-electron chi connectivity index (χ2n) is 4.93. The Kier molecular flexibility index (Phi) is 6.22. The molecule has 3 heteroatoms. The standard InChI is InChI=1S/C12H26N2O/c1-11(2)8-13-9-12-6-4-5-7-14(12)10-15-3/h11-13H,4-10H2,1-3H3. The Morgan fingerprint density at radius 2 is 2.20 bits per heavy atom. The first-order valence-electron chi connectivity index (χ1n) is 6.17. The molecule has 0 aromatic carbocycles. The van der Waals surface area contributed by atoms with Crippen molar-refractivity contribution < 1.29 is 4.74 Å². The van der Waals surface area contributed by atoms with Gasteiger partial charge in [0.15, 0.2) is 0 Å². The van der Waals surface area contributed by atoms with E-state index in [0.717, 1.165) is 25.7 Å². The molecule has 0 aromatic heterocycles. The Labute approximate surface area is 94.2 Å². The SMILES string of the molecule is COCN1CCCCC1CNCC(C)C. The average molecular weight is 214 g/mol. The smallest absolute Gasteiger partial charge is 0.0989 e. The lowest BCUT2D eigenvalue weighted by molar-refractivity contribution is 0.0153. The zero-order valence-electron chi connectivity index (χ0n) is 10.5. The zero-order chi connectivity index (χ0) is 11.1. The maximum atomic E-state index is 5.24. The normalized spacial score (nSPS) is 23.6. The number of rotatable bonds is 6. The van der Waals surface area contributed by atoms with E-state index in [0.29, 0.717) is 6.04 Å². The number of hydrogen-bond donors (Lipinski definition) is 1. The summed E-state index contributed by atoms with van der Waals surface area (Å²) in [5, 5.41) is 3.55. The van der Waals surface area contributed by atoms with Gasteiger partial charge in [0.2, 0.25) is 0 Å². The number of hydrogen-bond acceptors (Lipinski definition) is 3. The molecule has 1 rings (SSSR count). The fourth-order valence-electron chi connectivity index (χ4n) is 2.17. The Hall–Kier alpha value is -0.120. The topological polar surface area (TPSA) is 24.5 Å². The molecule has 1 fully saturated rings. The number of piperidine rings is 1. The summed E-state index contributed by atoms with van der Waals surface area (Å²) in [7, 11) is 1.78. The van der Waals surface area contributed by atoms with Crippen LogP contribution in [0.4, 0.5) is 0 Å². The van der Waals surface area contributed by atoms with Crippen molar-refractivity contribution in [3.05, 3.63) is 0 Å². The molecule has 0 bridgehead atoms. The average Bonchev–Trinajstić information content (AvgIpc) is 2.20. The van der Waals surface area contributed by atoms with E-state index in [2.05, 4.69) is 24.1 Å². The molecular weight excluding hydrogens is 188 g/mol. The van der Waals surface area contributed by atoms with Gasteiger partial charge in [-0.15, -0.1) is 0 Å². The van der Waals surface area contributed by atoms with Crippen LogP contribution in [-0.2, 0) is 4.74 Å². The van der Waals surface area contributed by atoms with Crippen molar-refractivity contribution in [3.63, 3.8) is 0 Å². The van der Waals surface area contributed by atoms with Gasteiger partial charge in [-0.05, 0) is 25.3 Å². The molecular formula is C12H26N2O. The molecule has 1 aliphatic heterocycles. The molecule has 0 spiro atoms. The fourth-order valence-corrected chi connectivity index (χ4v) is 2.17. The quantitative estimate of drug-likeness (QED) is 0.728. The van der Waals surface area contributed by atoms with Gasteiger partial charge in [-0.2, -0.15) is 0 Å². The van der Waals surface area contributed by atoms with Gasteiger partial charge in [-0.25, -0.2) is 0 Å². The highest BCUT2D eigenvalue weighted by Crippen LogP contribution is 2.15. The predicted molar refractivity (Wildman–Crippen MR) is 63.9 cm³/mol. The molecule has 0 aliphatic carbocycles. The lowest BCUT2D eigenvalue weighted by Gasteiger charge is -2.35. The third-order valence-corrected chi connectivity index (χ3v) is 2.98. The highest BCUT2D eigenvalue weighted by molar-refractivity contribution is 4.77. The zero-order valence-corrected chi connectivity index (χ0v) is 10.5. The van der Waals surface area contributed by atoms with Crippen molar-refractivity contribution in [1.82, 2.24) is 10.2 Å². The number of nitrogens with one attached hydrogen (secondary N) is 1. The van der Waals surface area contributed by atoms with Gasteiger partial charge < -0.3 is 10.1 Å². The van der Waals surface area contributed by atoms with E-state index < -0.39 is 0 Å². The molecule has 0 amide bonds. The second kappa shape index (κ2) is 7.20. The Morgan fingerprint density at radius 3 is 2.87 bits per heavy atom. The lowest BCUT2D eigenvalue weighted by atomic mass is 10.0. The van der Waals surface area contributed by atoms with Crippen LogP contribution in [0.1, 0.15) is 33.1 Å². The van der Waals surface area contributed by atoms with E-state index in [1.165, 1.54) is 25.8 Å². The second-order valence-corrected chi connectivity index (χ2v) is 4.93. The van der Waals surface area contributed by atoms with E-state index in [9.17, 15) is 0 Å².